The number of hydrogen-bond acceptors (Lipinski definition) is 15. The Morgan fingerprint density at radius 1 is 0.255 bits per heavy atom. The van der Waals surface area contributed by atoms with E-state index in [0.29, 0.717) is 25.7 Å². The fraction of sp³-hybridized carbons (Fsp3) is 0.954. The number of phosphoric ester groups is 2. The number of carbonyl (C=O) groups is 4. The first-order valence-corrected chi connectivity index (χ1v) is 47.8. The standard InChI is InChI=1S/C87H170O17P2/c1-8-9-10-11-12-13-14-15-16-17-18-19-20-21-22-25-29-35-40-49-56-63-70-86(91)103-82(74-97-84(89)68-61-54-47-39-34-28-26-23-24-27-32-37-44-51-58-65-78(2)3)76-101-105(93,94)99-72-81(88)73-100-106(95,96)102-77-83(75-98-85(90)69-62-55-48-43-42-46-53-60-67-80(6)7)104-87(92)71-64-57-50-41-36-31-30-33-38-45-52-59-66-79(4)5/h78-83,88H,8-77H2,1-7H3,(H,93,94)(H,95,96)/t81-,82-,83-/m1/s1. The molecule has 0 aliphatic rings. The van der Waals surface area contributed by atoms with Gasteiger partial charge in [0, 0.05) is 25.7 Å². The van der Waals surface area contributed by atoms with Crippen molar-refractivity contribution in [2.24, 2.45) is 17.8 Å². The van der Waals surface area contributed by atoms with Gasteiger partial charge < -0.3 is 33.8 Å². The van der Waals surface area contributed by atoms with Crippen molar-refractivity contribution in [3.8, 4) is 0 Å². The summed E-state index contributed by atoms with van der Waals surface area (Å²) in [5.41, 5.74) is 0. The molecule has 0 amide bonds. The number of phosphoric acid groups is 2. The van der Waals surface area contributed by atoms with Gasteiger partial charge in [0.2, 0.25) is 0 Å². The Morgan fingerprint density at radius 2 is 0.434 bits per heavy atom. The van der Waals surface area contributed by atoms with E-state index in [0.717, 1.165) is 108 Å². The van der Waals surface area contributed by atoms with Crippen LogP contribution in [0.15, 0.2) is 0 Å². The number of aliphatic hydroxyl groups is 1. The van der Waals surface area contributed by atoms with Crippen LogP contribution in [-0.2, 0) is 65.4 Å². The van der Waals surface area contributed by atoms with Crippen LogP contribution in [0.5, 0.6) is 0 Å². The molecule has 106 heavy (non-hydrogen) atoms. The molecular formula is C87H170O17P2. The van der Waals surface area contributed by atoms with Crippen LogP contribution >= 0.6 is 15.6 Å². The molecule has 0 aromatic heterocycles. The Hall–Kier alpha value is -1.94. The van der Waals surface area contributed by atoms with Gasteiger partial charge in [-0.15, -0.1) is 0 Å². The Balaban J connectivity index is 5.23. The van der Waals surface area contributed by atoms with Crippen molar-refractivity contribution in [2.45, 2.75) is 478 Å². The summed E-state index contributed by atoms with van der Waals surface area (Å²) < 4.78 is 68.9. The summed E-state index contributed by atoms with van der Waals surface area (Å²) in [5.74, 6) is 0.204. The average Bonchev–Trinajstić information content (AvgIpc) is 0.901. The van der Waals surface area contributed by atoms with Crippen LogP contribution in [0, 0.1) is 17.8 Å². The minimum Gasteiger partial charge on any atom is -0.462 e. The van der Waals surface area contributed by atoms with Crippen molar-refractivity contribution < 1.29 is 80.2 Å². The van der Waals surface area contributed by atoms with E-state index in [2.05, 4.69) is 48.5 Å². The van der Waals surface area contributed by atoms with Gasteiger partial charge in [-0.25, -0.2) is 9.13 Å². The summed E-state index contributed by atoms with van der Waals surface area (Å²) in [6.45, 7) is 12.0. The van der Waals surface area contributed by atoms with Gasteiger partial charge in [-0.3, -0.25) is 37.3 Å². The lowest BCUT2D eigenvalue weighted by atomic mass is 10.0. The van der Waals surface area contributed by atoms with Crippen LogP contribution in [0.1, 0.15) is 459 Å². The van der Waals surface area contributed by atoms with Crippen LogP contribution < -0.4 is 0 Å². The number of unbranched alkanes of at least 4 members (excludes halogenated alkanes) is 53. The highest BCUT2D eigenvalue weighted by Crippen LogP contribution is 2.45. The molecule has 0 radical (unpaired) electrons. The molecule has 0 aliphatic heterocycles. The number of carbonyl (C=O) groups excluding carboxylic acids is 4. The second kappa shape index (κ2) is 77.0. The molecule has 0 fully saturated rings. The van der Waals surface area contributed by atoms with Crippen LogP contribution in [0.3, 0.4) is 0 Å². The zero-order valence-electron chi connectivity index (χ0n) is 69.9. The summed E-state index contributed by atoms with van der Waals surface area (Å²) in [5, 5.41) is 10.7. The first kappa shape index (κ1) is 104. The number of aliphatic hydroxyl groups excluding tert-OH is 1. The Morgan fingerprint density at radius 3 is 0.642 bits per heavy atom. The molecule has 17 nitrogen and oxygen atoms in total. The molecule has 0 aromatic rings. The number of ether oxygens (including phenoxy) is 4. The monoisotopic (exact) mass is 1550 g/mol. The predicted molar refractivity (Wildman–Crippen MR) is 437 cm³/mol. The van der Waals surface area contributed by atoms with E-state index in [1.54, 1.807) is 0 Å². The second-order valence-corrected chi connectivity index (χ2v) is 35.6. The van der Waals surface area contributed by atoms with Gasteiger partial charge in [0.25, 0.3) is 0 Å². The first-order valence-electron chi connectivity index (χ1n) is 44.8. The molecule has 630 valence electrons. The fourth-order valence-corrected chi connectivity index (χ4v) is 15.1. The largest absolute Gasteiger partial charge is 0.472 e. The summed E-state index contributed by atoms with van der Waals surface area (Å²) in [6.07, 6.45) is 68.2. The third-order valence-electron chi connectivity index (χ3n) is 20.4. The molecule has 0 saturated carbocycles. The van der Waals surface area contributed by atoms with E-state index in [1.807, 2.05) is 0 Å². The lowest BCUT2D eigenvalue weighted by Gasteiger charge is -2.21. The van der Waals surface area contributed by atoms with Crippen molar-refractivity contribution in [3.63, 3.8) is 0 Å². The normalized spacial score (nSPS) is 13.9. The molecule has 0 spiro atoms. The molecule has 19 heteroatoms. The molecule has 0 heterocycles. The minimum atomic E-state index is -4.97. The van der Waals surface area contributed by atoms with Gasteiger partial charge in [-0.05, 0) is 43.4 Å². The molecular weight excluding hydrogens is 1380 g/mol. The lowest BCUT2D eigenvalue weighted by Crippen LogP contribution is -2.30. The average molecular weight is 1550 g/mol. The van der Waals surface area contributed by atoms with Crippen LogP contribution in [0.4, 0.5) is 0 Å². The summed E-state index contributed by atoms with van der Waals surface area (Å²) in [7, 11) is -9.93. The van der Waals surface area contributed by atoms with Gasteiger partial charge in [0.15, 0.2) is 12.2 Å². The Labute approximate surface area is 651 Å². The van der Waals surface area contributed by atoms with E-state index in [9.17, 15) is 43.2 Å². The smallest absolute Gasteiger partial charge is 0.462 e. The van der Waals surface area contributed by atoms with Crippen molar-refractivity contribution in [3.05, 3.63) is 0 Å². The maximum atomic E-state index is 13.2. The molecule has 0 aromatic carbocycles. The first-order chi connectivity index (χ1) is 51.2. The van der Waals surface area contributed by atoms with Crippen molar-refractivity contribution in [2.75, 3.05) is 39.6 Å². The van der Waals surface area contributed by atoms with Gasteiger partial charge in [-0.1, -0.05) is 408 Å². The van der Waals surface area contributed by atoms with Crippen molar-refractivity contribution in [1.29, 1.82) is 0 Å². The highest BCUT2D eigenvalue weighted by Gasteiger charge is 2.30. The van der Waals surface area contributed by atoms with Crippen LogP contribution in [0.25, 0.3) is 0 Å². The van der Waals surface area contributed by atoms with Crippen molar-refractivity contribution in [1.82, 2.24) is 0 Å². The molecule has 0 aliphatic carbocycles. The topological polar surface area (TPSA) is 237 Å². The molecule has 2 unspecified atom stereocenters. The van der Waals surface area contributed by atoms with Gasteiger partial charge in [-0.2, -0.15) is 0 Å². The van der Waals surface area contributed by atoms with Gasteiger partial charge >= 0.3 is 39.5 Å². The van der Waals surface area contributed by atoms with E-state index < -0.39 is 97.5 Å². The summed E-state index contributed by atoms with van der Waals surface area (Å²) in [6, 6.07) is 0. The molecule has 0 saturated heterocycles. The second-order valence-electron chi connectivity index (χ2n) is 32.7. The van der Waals surface area contributed by atoms with E-state index in [4.69, 9.17) is 37.0 Å². The Bertz CT molecular complexity index is 2040. The van der Waals surface area contributed by atoms with E-state index in [1.165, 1.54) is 270 Å². The lowest BCUT2D eigenvalue weighted by molar-refractivity contribution is -0.161. The third-order valence-corrected chi connectivity index (χ3v) is 22.3. The zero-order valence-corrected chi connectivity index (χ0v) is 71.7. The molecule has 3 N–H and O–H groups in total. The number of rotatable bonds is 85. The molecule has 0 rings (SSSR count). The summed E-state index contributed by atoms with van der Waals surface area (Å²) in [4.78, 5) is 73.3. The number of hydrogen-bond donors (Lipinski definition) is 3. The highest BCUT2D eigenvalue weighted by molar-refractivity contribution is 7.47. The summed E-state index contributed by atoms with van der Waals surface area (Å²) >= 11 is 0. The van der Waals surface area contributed by atoms with Gasteiger partial charge in [0.05, 0.1) is 26.4 Å². The minimum absolute atomic E-state index is 0.106. The maximum Gasteiger partial charge on any atom is 0.472 e. The van der Waals surface area contributed by atoms with Crippen LogP contribution in [0.2, 0.25) is 0 Å². The van der Waals surface area contributed by atoms with E-state index in [-0.39, 0.29) is 25.7 Å². The van der Waals surface area contributed by atoms with Gasteiger partial charge in [0.1, 0.15) is 19.3 Å². The van der Waals surface area contributed by atoms with E-state index >= 15 is 0 Å². The van der Waals surface area contributed by atoms with Crippen LogP contribution in [-0.4, -0.2) is 96.7 Å². The maximum absolute atomic E-state index is 13.2. The zero-order chi connectivity index (χ0) is 77.9. The molecule has 5 atom stereocenters. The fourth-order valence-electron chi connectivity index (χ4n) is 13.5. The highest BCUT2D eigenvalue weighted by atomic mass is 31.2. The van der Waals surface area contributed by atoms with Crippen molar-refractivity contribution >= 4 is 39.5 Å². The Kier molecular flexibility index (Phi) is 75.6. The SMILES string of the molecule is CCCCCCCCCCCCCCCCCCCCCCCCC(=O)O[C@H](COC(=O)CCCCCCCCCCCCCCCCCC(C)C)COP(=O)(O)OC[C@@H](O)COP(=O)(O)OC[C@@H](COC(=O)CCCCCCCCCCC(C)C)OC(=O)CCCCCCCCCCCCCCC(C)C. The quantitative estimate of drug-likeness (QED) is 0.0222. The predicted octanol–water partition coefficient (Wildman–Crippen LogP) is 26.5. The molecule has 0 bridgehead atoms. The third kappa shape index (κ3) is 80.1. The number of esters is 4.